The van der Waals surface area contributed by atoms with Gasteiger partial charge >= 0.3 is 0 Å². The molecule has 0 saturated carbocycles. The van der Waals surface area contributed by atoms with Crippen LogP contribution < -0.4 is 16.0 Å². The molecular formula is C13H19N3O2. The Labute approximate surface area is 107 Å². The van der Waals surface area contributed by atoms with Crippen molar-refractivity contribution in [2.45, 2.75) is 19.9 Å². The standard InChI is InChI=1S/C13H19N3O2/c1-9(15-13(18)8-14-3)11-5-4-6-12(7-11)16-10(2)17/h4-7,9,14H,8H2,1-3H3,(H,15,18)(H,16,17). The molecule has 0 bridgehead atoms. The highest BCUT2D eigenvalue weighted by Crippen LogP contribution is 2.17. The maximum atomic E-state index is 11.4. The first kappa shape index (κ1) is 14.2. The Morgan fingerprint density at radius 2 is 2.06 bits per heavy atom. The predicted octanol–water partition coefficient (Wildman–Crippen LogP) is 1.04. The first-order valence-electron chi connectivity index (χ1n) is 5.84. The molecule has 1 atom stereocenters. The van der Waals surface area contributed by atoms with Crippen molar-refractivity contribution in [3.8, 4) is 0 Å². The van der Waals surface area contributed by atoms with Gasteiger partial charge < -0.3 is 16.0 Å². The molecule has 0 aliphatic rings. The molecule has 1 rings (SSSR count). The Morgan fingerprint density at radius 3 is 2.67 bits per heavy atom. The summed E-state index contributed by atoms with van der Waals surface area (Å²) < 4.78 is 0. The summed E-state index contributed by atoms with van der Waals surface area (Å²) in [5, 5.41) is 8.37. The molecule has 5 nitrogen and oxygen atoms in total. The molecule has 0 radical (unpaired) electrons. The van der Waals surface area contributed by atoms with E-state index in [2.05, 4.69) is 16.0 Å². The smallest absolute Gasteiger partial charge is 0.234 e. The maximum Gasteiger partial charge on any atom is 0.234 e. The number of carbonyl (C=O) groups is 2. The van der Waals surface area contributed by atoms with Gasteiger partial charge in [-0.15, -0.1) is 0 Å². The van der Waals surface area contributed by atoms with E-state index >= 15 is 0 Å². The lowest BCUT2D eigenvalue weighted by Crippen LogP contribution is -2.33. The summed E-state index contributed by atoms with van der Waals surface area (Å²) >= 11 is 0. The van der Waals surface area contributed by atoms with Gasteiger partial charge in [0.2, 0.25) is 11.8 Å². The minimum atomic E-state index is -0.112. The van der Waals surface area contributed by atoms with Gasteiger partial charge in [-0.2, -0.15) is 0 Å². The van der Waals surface area contributed by atoms with Gasteiger partial charge in [0.25, 0.3) is 0 Å². The molecule has 0 aliphatic carbocycles. The van der Waals surface area contributed by atoms with Crippen molar-refractivity contribution in [3.05, 3.63) is 29.8 Å². The molecule has 0 heterocycles. The van der Waals surface area contributed by atoms with Crippen LogP contribution in [0, 0.1) is 0 Å². The molecule has 3 N–H and O–H groups in total. The van der Waals surface area contributed by atoms with Gasteiger partial charge in [-0.1, -0.05) is 12.1 Å². The monoisotopic (exact) mass is 249 g/mol. The largest absolute Gasteiger partial charge is 0.348 e. The van der Waals surface area contributed by atoms with Crippen LogP contribution in [-0.4, -0.2) is 25.4 Å². The van der Waals surface area contributed by atoms with Crippen LogP contribution in [0.5, 0.6) is 0 Å². The average molecular weight is 249 g/mol. The van der Waals surface area contributed by atoms with Crippen LogP contribution in [0.25, 0.3) is 0 Å². The van der Waals surface area contributed by atoms with Crippen LogP contribution >= 0.6 is 0 Å². The third-order valence-corrected chi connectivity index (χ3v) is 2.42. The van der Waals surface area contributed by atoms with Crippen LogP contribution in [-0.2, 0) is 9.59 Å². The van der Waals surface area contributed by atoms with Crippen molar-refractivity contribution >= 4 is 17.5 Å². The second-order valence-electron chi connectivity index (χ2n) is 4.13. The zero-order valence-corrected chi connectivity index (χ0v) is 10.9. The Morgan fingerprint density at radius 1 is 1.33 bits per heavy atom. The number of carbonyl (C=O) groups excluding carboxylic acids is 2. The van der Waals surface area contributed by atoms with Gasteiger partial charge in [-0.25, -0.2) is 0 Å². The first-order chi connectivity index (χ1) is 8.52. The van der Waals surface area contributed by atoms with Crippen molar-refractivity contribution in [1.82, 2.24) is 10.6 Å². The van der Waals surface area contributed by atoms with Crippen molar-refractivity contribution in [1.29, 1.82) is 0 Å². The lowest BCUT2D eigenvalue weighted by molar-refractivity contribution is -0.120. The Balaban J connectivity index is 2.70. The van der Waals surface area contributed by atoms with E-state index in [-0.39, 0.29) is 24.4 Å². The summed E-state index contributed by atoms with van der Waals surface area (Å²) in [4.78, 5) is 22.4. The number of likely N-dealkylation sites (N-methyl/N-ethyl adjacent to an activating group) is 1. The van der Waals surface area contributed by atoms with E-state index in [1.165, 1.54) is 6.92 Å². The summed E-state index contributed by atoms with van der Waals surface area (Å²) in [5.41, 5.74) is 1.68. The molecule has 18 heavy (non-hydrogen) atoms. The van der Waals surface area contributed by atoms with E-state index in [1.54, 1.807) is 7.05 Å². The van der Waals surface area contributed by atoms with Crippen molar-refractivity contribution in [2.24, 2.45) is 0 Å². The normalized spacial score (nSPS) is 11.7. The van der Waals surface area contributed by atoms with Gasteiger partial charge in [-0.05, 0) is 31.7 Å². The molecule has 1 aromatic rings. The van der Waals surface area contributed by atoms with E-state index in [1.807, 2.05) is 31.2 Å². The van der Waals surface area contributed by atoms with Gasteiger partial charge in [0, 0.05) is 12.6 Å². The van der Waals surface area contributed by atoms with E-state index in [0.717, 1.165) is 11.3 Å². The first-order valence-corrected chi connectivity index (χ1v) is 5.84. The zero-order chi connectivity index (χ0) is 13.5. The highest BCUT2D eigenvalue weighted by atomic mass is 16.2. The highest BCUT2D eigenvalue weighted by Gasteiger charge is 2.09. The third kappa shape index (κ3) is 4.55. The molecule has 2 amide bonds. The summed E-state index contributed by atoms with van der Waals surface area (Å²) in [6, 6.07) is 7.33. The number of nitrogens with one attached hydrogen (secondary N) is 3. The molecule has 1 unspecified atom stereocenters. The van der Waals surface area contributed by atoms with Gasteiger partial charge in [0.1, 0.15) is 0 Å². The molecule has 0 saturated heterocycles. The summed E-state index contributed by atoms with van der Waals surface area (Å²) in [5.74, 6) is -0.172. The topological polar surface area (TPSA) is 70.2 Å². The zero-order valence-electron chi connectivity index (χ0n) is 10.9. The van der Waals surface area contributed by atoms with E-state index in [9.17, 15) is 9.59 Å². The van der Waals surface area contributed by atoms with E-state index in [0.29, 0.717) is 0 Å². The summed E-state index contributed by atoms with van der Waals surface area (Å²) in [6.45, 7) is 3.65. The second-order valence-corrected chi connectivity index (χ2v) is 4.13. The quantitative estimate of drug-likeness (QED) is 0.730. The van der Waals surface area contributed by atoms with Crippen LogP contribution in [0.3, 0.4) is 0 Å². The molecule has 1 aromatic carbocycles. The number of amides is 2. The SMILES string of the molecule is CNCC(=O)NC(C)c1cccc(NC(C)=O)c1. The minimum absolute atomic E-state index is 0.0602. The number of hydrogen-bond donors (Lipinski definition) is 3. The molecule has 0 spiro atoms. The Kier molecular flexibility index (Phi) is 5.32. The molecular weight excluding hydrogens is 230 g/mol. The fourth-order valence-electron chi connectivity index (χ4n) is 1.63. The number of anilines is 1. The van der Waals surface area contributed by atoms with Crippen molar-refractivity contribution in [2.75, 3.05) is 18.9 Å². The number of benzene rings is 1. The van der Waals surface area contributed by atoms with Crippen LogP contribution in [0.15, 0.2) is 24.3 Å². The average Bonchev–Trinajstić information content (AvgIpc) is 2.28. The van der Waals surface area contributed by atoms with Gasteiger partial charge in [-0.3, -0.25) is 9.59 Å². The van der Waals surface area contributed by atoms with Crippen LogP contribution in [0.1, 0.15) is 25.5 Å². The lowest BCUT2D eigenvalue weighted by Gasteiger charge is -2.15. The van der Waals surface area contributed by atoms with Crippen LogP contribution in [0.4, 0.5) is 5.69 Å². The second kappa shape index (κ2) is 6.76. The highest BCUT2D eigenvalue weighted by molar-refractivity contribution is 5.88. The van der Waals surface area contributed by atoms with E-state index < -0.39 is 0 Å². The fourth-order valence-corrected chi connectivity index (χ4v) is 1.63. The maximum absolute atomic E-state index is 11.4. The summed E-state index contributed by atoms with van der Waals surface area (Å²) in [6.07, 6.45) is 0. The molecule has 0 aliphatic heterocycles. The number of hydrogen-bond acceptors (Lipinski definition) is 3. The number of rotatable bonds is 5. The van der Waals surface area contributed by atoms with Crippen molar-refractivity contribution < 1.29 is 9.59 Å². The van der Waals surface area contributed by atoms with Gasteiger partial charge in [0.05, 0.1) is 12.6 Å². The van der Waals surface area contributed by atoms with E-state index in [4.69, 9.17) is 0 Å². The predicted molar refractivity (Wildman–Crippen MR) is 71.2 cm³/mol. The minimum Gasteiger partial charge on any atom is -0.348 e. The summed E-state index contributed by atoms with van der Waals surface area (Å²) in [7, 11) is 1.72. The molecule has 5 heteroatoms. The molecule has 0 aromatic heterocycles. The van der Waals surface area contributed by atoms with Gasteiger partial charge in [0.15, 0.2) is 0 Å². The lowest BCUT2D eigenvalue weighted by atomic mass is 10.1. The van der Waals surface area contributed by atoms with Crippen molar-refractivity contribution in [3.63, 3.8) is 0 Å². The Hall–Kier alpha value is -1.88. The van der Waals surface area contributed by atoms with Crippen LogP contribution in [0.2, 0.25) is 0 Å². The fraction of sp³-hybridized carbons (Fsp3) is 0.385. The Bertz CT molecular complexity index is 432. The molecule has 0 fully saturated rings. The molecule has 98 valence electrons. The third-order valence-electron chi connectivity index (χ3n) is 2.42.